The summed E-state index contributed by atoms with van der Waals surface area (Å²) in [4.78, 5) is 22.7. The lowest BCUT2D eigenvalue weighted by Crippen LogP contribution is -2.03. The number of hydrogen-bond donors (Lipinski definition) is 0. The molecule has 138 valence electrons. The Labute approximate surface area is 165 Å². The molecule has 0 aliphatic carbocycles. The third-order valence-electron chi connectivity index (χ3n) is 4.54. The van der Waals surface area contributed by atoms with Crippen molar-refractivity contribution in [3.8, 4) is 11.1 Å². The Hall–Kier alpha value is -3.44. The van der Waals surface area contributed by atoms with Crippen molar-refractivity contribution in [1.82, 2.24) is 0 Å². The van der Waals surface area contributed by atoms with Crippen molar-refractivity contribution in [3.63, 3.8) is 0 Å². The Balaban J connectivity index is 1.74. The van der Waals surface area contributed by atoms with Gasteiger partial charge in [0.15, 0.2) is 0 Å². The maximum Gasteiger partial charge on any atom is 0.344 e. The van der Waals surface area contributed by atoms with E-state index in [9.17, 15) is 14.9 Å². The smallest absolute Gasteiger partial charge is 0.344 e. The van der Waals surface area contributed by atoms with E-state index in [0.29, 0.717) is 28.2 Å². The summed E-state index contributed by atoms with van der Waals surface area (Å²) in [7, 11) is 0. The van der Waals surface area contributed by atoms with E-state index in [1.54, 1.807) is 24.3 Å². The highest BCUT2D eigenvalue weighted by Gasteiger charge is 2.11. The third kappa shape index (κ3) is 3.52. The average molecular weight is 392 g/mol. The summed E-state index contributed by atoms with van der Waals surface area (Å²) in [6.07, 6.45) is 0.654. The second-order valence-electron chi connectivity index (χ2n) is 6.39. The van der Waals surface area contributed by atoms with Crippen molar-refractivity contribution in [2.24, 2.45) is 0 Å². The molecular formula is C22H14ClNO4. The van der Waals surface area contributed by atoms with Crippen LogP contribution in [-0.4, -0.2) is 4.92 Å². The average Bonchev–Trinajstić information content (AvgIpc) is 2.69. The fraction of sp³-hybridized carbons (Fsp3) is 0.0455. The summed E-state index contributed by atoms with van der Waals surface area (Å²) in [5, 5.41) is 12.3. The number of halogens is 1. The number of nitrogens with zero attached hydrogens (tertiary/aromatic N) is 1. The van der Waals surface area contributed by atoms with Gasteiger partial charge in [0.2, 0.25) is 0 Å². The first-order valence-corrected chi connectivity index (χ1v) is 8.94. The number of nitro groups is 1. The Bertz CT molecular complexity index is 1250. The van der Waals surface area contributed by atoms with Crippen LogP contribution < -0.4 is 5.63 Å². The van der Waals surface area contributed by atoms with Gasteiger partial charge in [-0.2, -0.15) is 0 Å². The van der Waals surface area contributed by atoms with Crippen LogP contribution in [0.15, 0.2) is 82.0 Å². The van der Waals surface area contributed by atoms with Crippen LogP contribution in [0.4, 0.5) is 5.69 Å². The van der Waals surface area contributed by atoms with Gasteiger partial charge in [-0.1, -0.05) is 35.9 Å². The molecule has 1 heterocycles. The molecule has 5 nitrogen and oxygen atoms in total. The van der Waals surface area contributed by atoms with Gasteiger partial charge < -0.3 is 4.42 Å². The maximum atomic E-state index is 12.4. The lowest BCUT2D eigenvalue weighted by atomic mass is 10.0. The van der Waals surface area contributed by atoms with Crippen molar-refractivity contribution in [2.75, 3.05) is 0 Å². The summed E-state index contributed by atoms with van der Waals surface area (Å²) in [6, 6.07) is 20.8. The molecule has 0 N–H and O–H groups in total. The minimum absolute atomic E-state index is 0.0315. The predicted octanol–water partition coefficient (Wildman–Crippen LogP) is 5.61. The summed E-state index contributed by atoms with van der Waals surface area (Å²) >= 11 is 6.25. The van der Waals surface area contributed by atoms with Crippen molar-refractivity contribution in [2.45, 2.75) is 6.42 Å². The lowest BCUT2D eigenvalue weighted by Gasteiger charge is -2.07. The number of hydrogen-bond acceptors (Lipinski definition) is 4. The molecule has 6 heteroatoms. The Morgan fingerprint density at radius 3 is 2.43 bits per heavy atom. The van der Waals surface area contributed by atoms with E-state index in [2.05, 4.69) is 0 Å². The molecule has 4 aromatic rings. The van der Waals surface area contributed by atoms with Crippen molar-refractivity contribution < 1.29 is 9.34 Å². The molecule has 0 atom stereocenters. The molecule has 0 aliphatic heterocycles. The molecule has 28 heavy (non-hydrogen) atoms. The highest BCUT2D eigenvalue weighted by atomic mass is 35.5. The molecule has 0 amide bonds. The summed E-state index contributed by atoms with van der Waals surface area (Å²) < 4.78 is 5.44. The van der Waals surface area contributed by atoms with Crippen molar-refractivity contribution in [1.29, 1.82) is 0 Å². The number of rotatable bonds is 4. The topological polar surface area (TPSA) is 73.3 Å². The van der Waals surface area contributed by atoms with E-state index in [4.69, 9.17) is 16.0 Å². The predicted molar refractivity (Wildman–Crippen MR) is 109 cm³/mol. The van der Waals surface area contributed by atoms with Gasteiger partial charge in [-0.05, 0) is 59.5 Å². The molecule has 0 radical (unpaired) electrons. The zero-order valence-corrected chi connectivity index (χ0v) is 15.3. The SMILES string of the molecule is O=c1oc2ccc(Cc3ccccc3Cl)cc2cc1-c1ccc([N+](=O)[O-])cc1. The van der Waals surface area contributed by atoms with E-state index in [-0.39, 0.29) is 5.69 Å². The molecule has 0 fully saturated rings. The van der Waals surface area contributed by atoms with Gasteiger partial charge in [0, 0.05) is 22.5 Å². The van der Waals surface area contributed by atoms with Gasteiger partial charge in [0.25, 0.3) is 5.69 Å². The Morgan fingerprint density at radius 2 is 1.71 bits per heavy atom. The van der Waals surface area contributed by atoms with Crippen LogP contribution in [0, 0.1) is 10.1 Å². The molecule has 3 aromatic carbocycles. The van der Waals surface area contributed by atoms with Crippen LogP contribution in [0.2, 0.25) is 5.02 Å². The highest BCUT2D eigenvalue weighted by Crippen LogP contribution is 2.25. The molecular weight excluding hydrogens is 378 g/mol. The van der Waals surface area contributed by atoms with Gasteiger partial charge in [0.05, 0.1) is 10.5 Å². The van der Waals surface area contributed by atoms with Crippen LogP contribution in [0.3, 0.4) is 0 Å². The van der Waals surface area contributed by atoms with E-state index in [0.717, 1.165) is 16.5 Å². The molecule has 1 aromatic heterocycles. The minimum Gasteiger partial charge on any atom is -0.422 e. The van der Waals surface area contributed by atoms with Crippen LogP contribution >= 0.6 is 11.6 Å². The fourth-order valence-corrected chi connectivity index (χ4v) is 3.31. The first kappa shape index (κ1) is 17.9. The van der Waals surface area contributed by atoms with Gasteiger partial charge in [-0.25, -0.2) is 4.79 Å². The van der Waals surface area contributed by atoms with Gasteiger partial charge >= 0.3 is 5.63 Å². The second-order valence-corrected chi connectivity index (χ2v) is 6.80. The van der Waals surface area contributed by atoms with E-state index < -0.39 is 10.5 Å². The number of non-ortho nitro benzene ring substituents is 1. The standard InChI is InChI=1S/C22H14ClNO4/c23-20-4-2-1-3-16(20)11-14-5-10-21-17(12-14)13-19(22(25)28-21)15-6-8-18(9-7-15)24(26)27/h1-10,12-13H,11H2. The highest BCUT2D eigenvalue weighted by molar-refractivity contribution is 6.31. The third-order valence-corrected chi connectivity index (χ3v) is 4.91. The summed E-state index contributed by atoms with van der Waals surface area (Å²) in [5.41, 5.74) is 2.94. The first-order valence-electron chi connectivity index (χ1n) is 8.56. The number of benzene rings is 3. The molecule has 4 rings (SSSR count). The van der Waals surface area contributed by atoms with Crippen LogP contribution in [0.25, 0.3) is 22.1 Å². The van der Waals surface area contributed by atoms with Crippen molar-refractivity contribution in [3.05, 3.63) is 109 Å². The second kappa shape index (κ2) is 7.29. The maximum absolute atomic E-state index is 12.4. The van der Waals surface area contributed by atoms with E-state index >= 15 is 0 Å². The molecule has 0 aliphatic rings. The van der Waals surface area contributed by atoms with Crippen molar-refractivity contribution >= 4 is 28.3 Å². The van der Waals surface area contributed by atoms with E-state index in [1.165, 1.54) is 12.1 Å². The van der Waals surface area contributed by atoms with Gasteiger partial charge in [0.1, 0.15) is 5.58 Å². The zero-order chi connectivity index (χ0) is 19.7. The largest absolute Gasteiger partial charge is 0.422 e. The monoisotopic (exact) mass is 391 g/mol. The van der Waals surface area contributed by atoms with Crippen LogP contribution in [0.1, 0.15) is 11.1 Å². The summed E-state index contributed by atoms with van der Waals surface area (Å²) in [5.74, 6) is 0. The van der Waals surface area contributed by atoms with Crippen LogP contribution in [0.5, 0.6) is 0 Å². The van der Waals surface area contributed by atoms with E-state index in [1.807, 2.05) is 36.4 Å². The molecule has 0 saturated heterocycles. The Morgan fingerprint density at radius 1 is 0.964 bits per heavy atom. The number of nitro benzene ring substituents is 1. The summed E-state index contributed by atoms with van der Waals surface area (Å²) in [6.45, 7) is 0. The van der Waals surface area contributed by atoms with Crippen LogP contribution in [-0.2, 0) is 6.42 Å². The first-order chi connectivity index (χ1) is 13.5. The minimum atomic E-state index is -0.486. The fourth-order valence-electron chi connectivity index (χ4n) is 3.11. The lowest BCUT2D eigenvalue weighted by molar-refractivity contribution is -0.384. The molecule has 0 bridgehead atoms. The molecule has 0 unspecified atom stereocenters. The van der Waals surface area contributed by atoms with Gasteiger partial charge in [-0.15, -0.1) is 0 Å². The Kier molecular flexibility index (Phi) is 4.67. The normalized spacial score (nSPS) is 10.9. The zero-order valence-electron chi connectivity index (χ0n) is 14.6. The molecule has 0 spiro atoms. The quantitative estimate of drug-likeness (QED) is 0.257. The molecule has 0 saturated carbocycles. The number of fused-ring (bicyclic) bond motifs is 1. The van der Waals surface area contributed by atoms with Gasteiger partial charge in [-0.3, -0.25) is 10.1 Å².